The number of carbonyl (C=O) groups is 2. The molecule has 0 aliphatic heterocycles. The van der Waals surface area contributed by atoms with Gasteiger partial charge in [0.2, 0.25) is 5.91 Å². The number of carbonyl (C=O) groups excluding carboxylic acids is 2. The Morgan fingerprint density at radius 3 is 2.78 bits per heavy atom. The van der Waals surface area contributed by atoms with Gasteiger partial charge in [-0.05, 0) is 36.4 Å². The van der Waals surface area contributed by atoms with Crippen molar-refractivity contribution in [1.82, 2.24) is 10.3 Å². The smallest absolute Gasteiger partial charge is 0.286 e. The van der Waals surface area contributed by atoms with Gasteiger partial charge in [0.1, 0.15) is 12.4 Å². The van der Waals surface area contributed by atoms with Crippen molar-refractivity contribution in [2.45, 2.75) is 13.0 Å². The first-order valence-electron chi connectivity index (χ1n) is 8.45. The third-order valence-corrected chi connectivity index (χ3v) is 3.61. The van der Waals surface area contributed by atoms with Gasteiger partial charge in [0.05, 0.1) is 12.0 Å². The van der Waals surface area contributed by atoms with Gasteiger partial charge in [0.15, 0.2) is 5.76 Å². The molecule has 0 saturated carbocycles. The average molecular weight is 365 g/mol. The van der Waals surface area contributed by atoms with E-state index < -0.39 is 0 Å². The summed E-state index contributed by atoms with van der Waals surface area (Å²) in [7, 11) is 0. The van der Waals surface area contributed by atoms with E-state index in [4.69, 9.17) is 9.15 Å². The second kappa shape index (κ2) is 9.19. The molecule has 2 amide bonds. The quantitative estimate of drug-likeness (QED) is 0.640. The summed E-state index contributed by atoms with van der Waals surface area (Å²) in [6.07, 6.45) is 3.27. The van der Waals surface area contributed by atoms with E-state index in [0.717, 1.165) is 5.69 Å². The van der Waals surface area contributed by atoms with Crippen LogP contribution in [0.15, 0.2) is 71.5 Å². The highest BCUT2D eigenvalue weighted by Gasteiger charge is 2.09. The molecule has 2 heterocycles. The molecule has 0 fully saturated rings. The molecule has 2 aromatic heterocycles. The van der Waals surface area contributed by atoms with Crippen molar-refractivity contribution in [2.75, 3.05) is 11.9 Å². The predicted octanol–water partition coefficient (Wildman–Crippen LogP) is 3.01. The van der Waals surface area contributed by atoms with Crippen LogP contribution in [0.4, 0.5) is 5.69 Å². The minimum absolute atomic E-state index is 0.144. The molecule has 1 aromatic carbocycles. The highest BCUT2D eigenvalue weighted by Crippen LogP contribution is 2.18. The molecule has 2 N–H and O–H groups in total. The van der Waals surface area contributed by atoms with Crippen LogP contribution >= 0.6 is 0 Å². The van der Waals surface area contributed by atoms with E-state index in [1.807, 2.05) is 24.3 Å². The maximum atomic E-state index is 12.0. The Labute approximate surface area is 156 Å². The van der Waals surface area contributed by atoms with Crippen molar-refractivity contribution in [3.8, 4) is 5.75 Å². The van der Waals surface area contributed by atoms with Gasteiger partial charge >= 0.3 is 0 Å². The molecule has 0 bridgehead atoms. The van der Waals surface area contributed by atoms with Crippen LogP contribution in [-0.4, -0.2) is 23.3 Å². The van der Waals surface area contributed by atoms with Gasteiger partial charge in [-0.3, -0.25) is 14.6 Å². The summed E-state index contributed by atoms with van der Waals surface area (Å²) < 4.78 is 10.7. The zero-order valence-corrected chi connectivity index (χ0v) is 14.6. The highest BCUT2D eigenvalue weighted by atomic mass is 16.5. The number of amides is 2. The van der Waals surface area contributed by atoms with Crippen LogP contribution in [0, 0.1) is 0 Å². The fourth-order valence-corrected chi connectivity index (χ4v) is 2.31. The number of benzene rings is 1. The fourth-order valence-electron chi connectivity index (χ4n) is 2.31. The first kappa shape index (κ1) is 18.2. The summed E-state index contributed by atoms with van der Waals surface area (Å²) in [4.78, 5) is 28.0. The number of hydrogen-bond acceptors (Lipinski definition) is 5. The van der Waals surface area contributed by atoms with Crippen LogP contribution < -0.4 is 15.4 Å². The Bertz CT molecular complexity index is 879. The molecule has 138 valence electrons. The van der Waals surface area contributed by atoms with Gasteiger partial charge in [-0.2, -0.15) is 0 Å². The van der Waals surface area contributed by atoms with Crippen molar-refractivity contribution >= 4 is 17.5 Å². The monoisotopic (exact) mass is 365 g/mol. The molecule has 3 aromatic rings. The summed E-state index contributed by atoms with van der Waals surface area (Å²) in [6, 6.07) is 15.9. The molecular weight excluding hydrogens is 346 g/mol. The maximum absolute atomic E-state index is 12.0. The number of anilines is 1. The number of nitrogens with zero attached hydrogens (tertiary/aromatic N) is 1. The minimum atomic E-state index is -0.349. The fraction of sp³-hybridized carbons (Fsp3) is 0.150. The van der Waals surface area contributed by atoms with Gasteiger partial charge in [0.25, 0.3) is 5.91 Å². The van der Waals surface area contributed by atoms with E-state index in [2.05, 4.69) is 15.6 Å². The number of furan rings is 1. The van der Waals surface area contributed by atoms with Crippen LogP contribution in [0.25, 0.3) is 0 Å². The van der Waals surface area contributed by atoms with Crippen LogP contribution in [0.3, 0.4) is 0 Å². The summed E-state index contributed by atoms with van der Waals surface area (Å²) in [6.45, 7) is 0.554. The van der Waals surface area contributed by atoms with Gasteiger partial charge in [-0.15, -0.1) is 0 Å². The van der Waals surface area contributed by atoms with Gasteiger partial charge in [-0.25, -0.2) is 0 Å². The lowest BCUT2D eigenvalue weighted by molar-refractivity contribution is -0.116. The number of rotatable bonds is 8. The molecule has 0 unspecified atom stereocenters. The normalized spacial score (nSPS) is 10.2. The number of nitrogens with one attached hydrogen (secondary N) is 2. The Hall–Kier alpha value is -3.61. The lowest BCUT2D eigenvalue weighted by Crippen LogP contribution is -2.27. The largest absolute Gasteiger partial charge is 0.487 e. The zero-order valence-electron chi connectivity index (χ0n) is 14.6. The van der Waals surface area contributed by atoms with E-state index in [-0.39, 0.29) is 30.5 Å². The standard InChI is InChI=1S/C20H19N3O4/c24-19(9-11-22-20(25)18-8-4-12-26-18)23-15-6-3-7-17(13-15)27-14-16-5-1-2-10-21-16/h1-8,10,12-13H,9,11,14H2,(H,22,25)(H,23,24). The van der Waals surface area contributed by atoms with E-state index in [1.165, 1.54) is 6.26 Å². The average Bonchev–Trinajstić information content (AvgIpc) is 3.22. The van der Waals surface area contributed by atoms with E-state index in [1.54, 1.807) is 36.5 Å². The van der Waals surface area contributed by atoms with E-state index >= 15 is 0 Å². The van der Waals surface area contributed by atoms with Crippen LogP contribution in [0.2, 0.25) is 0 Å². The van der Waals surface area contributed by atoms with Crippen molar-refractivity contribution < 1.29 is 18.7 Å². The molecule has 0 radical (unpaired) electrons. The third-order valence-electron chi connectivity index (χ3n) is 3.61. The molecule has 0 saturated heterocycles. The molecule has 3 rings (SSSR count). The Balaban J connectivity index is 1.44. The SMILES string of the molecule is O=C(CCNC(=O)c1ccco1)Nc1cccc(OCc2ccccn2)c1. The van der Waals surface area contributed by atoms with E-state index in [0.29, 0.717) is 18.0 Å². The van der Waals surface area contributed by atoms with Gasteiger partial charge < -0.3 is 19.8 Å². The van der Waals surface area contributed by atoms with Crippen LogP contribution in [0.5, 0.6) is 5.75 Å². The van der Waals surface area contributed by atoms with Crippen molar-refractivity contribution in [3.05, 3.63) is 78.5 Å². The summed E-state index contributed by atoms with van der Waals surface area (Å²) in [5.41, 5.74) is 1.44. The van der Waals surface area contributed by atoms with Crippen LogP contribution in [-0.2, 0) is 11.4 Å². The second-order valence-corrected chi connectivity index (χ2v) is 5.67. The highest BCUT2D eigenvalue weighted by molar-refractivity contribution is 5.93. The van der Waals surface area contributed by atoms with Crippen molar-refractivity contribution in [2.24, 2.45) is 0 Å². The molecule has 0 aliphatic carbocycles. The first-order chi connectivity index (χ1) is 13.2. The number of ether oxygens (including phenoxy) is 1. The summed E-state index contributed by atoms with van der Waals surface area (Å²) >= 11 is 0. The second-order valence-electron chi connectivity index (χ2n) is 5.67. The Kier molecular flexibility index (Phi) is 6.19. The predicted molar refractivity (Wildman–Crippen MR) is 99.3 cm³/mol. The zero-order chi connectivity index (χ0) is 18.9. The van der Waals surface area contributed by atoms with Crippen molar-refractivity contribution in [1.29, 1.82) is 0 Å². The molecule has 27 heavy (non-hydrogen) atoms. The van der Waals surface area contributed by atoms with Gasteiger partial charge in [-0.1, -0.05) is 12.1 Å². The number of hydrogen-bond donors (Lipinski definition) is 2. The lowest BCUT2D eigenvalue weighted by Gasteiger charge is -2.09. The third kappa shape index (κ3) is 5.71. The Morgan fingerprint density at radius 2 is 2.00 bits per heavy atom. The molecule has 0 aliphatic rings. The number of pyridine rings is 1. The number of aromatic nitrogens is 1. The van der Waals surface area contributed by atoms with Crippen molar-refractivity contribution in [3.63, 3.8) is 0 Å². The summed E-state index contributed by atoms with van der Waals surface area (Å²) in [5.74, 6) is 0.284. The minimum Gasteiger partial charge on any atom is -0.487 e. The molecule has 0 atom stereocenters. The molecule has 0 spiro atoms. The first-order valence-corrected chi connectivity index (χ1v) is 8.45. The molecule has 7 heteroatoms. The topological polar surface area (TPSA) is 93.5 Å². The van der Waals surface area contributed by atoms with E-state index in [9.17, 15) is 9.59 Å². The molecule has 7 nitrogen and oxygen atoms in total. The lowest BCUT2D eigenvalue weighted by atomic mass is 10.3. The summed E-state index contributed by atoms with van der Waals surface area (Å²) in [5, 5.41) is 5.41. The van der Waals surface area contributed by atoms with Gasteiger partial charge in [0, 0.05) is 30.9 Å². The molecular formula is C20H19N3O4. The maximum Gasteiger partial charge on any atom is 0.286 e. The van der Waals surface area contributed by atoms with Crippen LogP contribution in [0.1, 0.15) is 22.7 Å². The Morgan fingerprint density at radius 1 is 1.07 bits per heavy atom.